The summed E-state index contributed by atoms with van der Waals surface area (Å²) in [6, 6.07) is 21.8. The van der Waals surface area contributed by atoms with Gasteiger partial charge in [-0.05, 0) is 93.9 Å². The molecule has 4 rings (SSSR count). The lowest BCUT2D eigenvalue weighted by Gasteiger charge is -2.10. The minimum Gasteiger partial charge on any atom is -0.348 e. The second-order valence-corrected chi connectivity index (χ2v) is 8.10. The normalized spacial score (nSPS) is 10.7. The number of nitrogens with one attached hydrogen (secondary N) is 1. The minimum atomic E-state index is -0.305. The van der Waals surface area contributed by atoms with Gasteiger partial charge >= 0.3 is 0 Å². The number of halogens is 3. The molecule has 3 aromatic carbocycles. The number of hydrogen-bond donors (Lipinski definition) is 1. The van der Waals surface area contributed by atoms with Crippen molar-refractivity contribution < 1.29 is 13.6 Å². The van der Waals surface area contributed by atoms with Crippen molar-refractivity contribution in [1.29, 1.82) is 0 Å². The SMILES string of the molecule is O=C(NCc1ccc(-c2ccc(F)cc2)cc1I)c1ccc(-c2ccc(F)cc2)nc1. The molecule has 0 saturated carbocycles. The third kappa shape index (κ3) is 5.14. The predicted octanol–water partition coefficient (Wildman–Crippen LogP) is 6.23. The molecule has 0 aliphatic heterocycles. The smallest absolute Gasteiger partial charge is 0.253 e. The van der Waals surface area contributed by atoms with Crippen LogP contribution in [-0.2, 0) is 6.54 Å². The van der Waals surface area contributed by atoms with E-state index >= 15 is 0 Å². The molecular weight excluding hydrogens is 509 g/mol. The molecule has 154 valence electrons. The Kier molecular flexibility index (Phi) is 6.36. The van der Waals surface area contributed by atoms with Gasteiger partial charge in [0.05, 0.1) is 11.3 Å². The van der Waals surface area contributed by atoms with Gasteiger partial charge in [-0.15, -0.1) is 0 Å². The molecular formula is C25H17F2IN2O. The number of amides is 1. The lowest BCUT2D eigenvalue weighted by atomic mass is 10.0. The first-order chi connectivity index (χ1) is 15.0. The van der Waals surface area contributed by atoms with E-state index in [1.165, 1.54) is 30.5 Å². The quantitative estimate of drug-likeness (QED) is 0.314. The van der Waals surface area contributed by atoms with E-state index in [0.717, 1.165) is 25.8 Å². The molecule has 3 nitrogen and oxygen atoms in total. The number of rotatable bonds is 5. The van der Waals surface area contributed by atoms with Gasteiger partial charge in [-0.2, -0.15) is 0 Å². The Morgan fingerprint density at radius 1 is 0.806 bits per heavy atom. The number of hydrogen-bond acceptors (Lipinski definition) is 2. The van der Waals surface area contributed by atoms with Crippen LogP contribution < -0.4 is 5.32 Å². The van der Waals surface area contributed by atoms with Crippen molar-refractivity contribution in [3.63, 3.8) is 0 Å². The summed E-state index contributed by atoms with van der Waals surface area (Å²) in [5.74, 6) is -0.797. The summed E-state index contributed by atoms with van der Waals surface area (Å²) >= 11 is 2.23. The van der Waals surface area contributed by atoms with Gasteiger partial charge in [-0.25, -0.2) is 8.78 Å². The number of benzene rings is 3. The van der Waals surface area contributed by atoms with Crippen molar-refractivity contribution in [2.24, 2.45) is 0 Å². The maximum atomic E-state index is 13.1. The van der Waals surface area contributed by atoms with Gasteiger partial charge in [0.15, 0.2) is 0 Å². The first-order valence-corrected chi connectivity index (χ1v) is 10.6. The maximum absolute atomic E-state index is 13.1. The van der Waals surface area contributed by atoms with E-state index in [2.05, 4.69) is 32.9 Å². The van der Waals surface area contributed by atoms with Crippen molar-refractivity contribution in [2.75, 3.05) is 0 Å². The monoisotopic (exact) mass is 526 g/mol. The van der Waals surface area contributed by atoms with Crippen molar-refractivity contribution in [3.05, 3.63) is 111 Å². The first kappa shape index (κ1) is 21.1. The first-order valence-electron chi connectivity index (χ1n) is 9.54. The van der Waals surface area contributed by atoms with Crippen LogP contribution in [0.4, 0.5) is 8.78 Å². The Balaban J connectivity index is 1.41. The van der Waals surface area contributed by atoms with Gasteiger partial charge in [-0.3, -0.25) is 9.78 Å². The highest BCUT2D eigenvalue weighted by Gasteiger charge is 2.09. The van der Waals surface area contributed by atoms with E-state index in [-0.39, 0.29) is 17.5 Å². The Labute approximate surface area is 192 Å². The van der Waals surface area contributed by atoms with Crippen molar-refractivity contribution in [3.8, 4) is 22.4 Å². The summed E-state index contributed by atoms with van der Waals surface area (Å²) in [5, 5.41) is 2.91. The van der Waals surface area contributed by atoms with Crippen LogP contribution in [0.15, 0.2) is 85.1 Å². The Morgan fingerprint density at radius 3 is 2.00 bits per heavy atom. The van der Waals surface area contributed by atoms with E-state index in [1.807, 2.05) is 18.2 Å². The fraction of sp³-hybridized carbons (Fsp3) is 0.0400. The van der Waals surface area contributed by atoms with Gasteiger partial charge < -0.3 is 5.32 Å². The molecule has 0 aliphatic carbocycles. The van der Waals surface area contributed by atoms with E-state index in [4.69, 9.17) is 0 Å². The molecule has 0 atom stereocenters. The zero-order valence-corrected chi connectivity index (χ0v) is 18.4. The number of carbonyl (C=O) groups is 1. The molecule has 0 fully saturated rings. The zero-order valence-electron chi connectivity index (χ0n) is 16.3. The molecule has 0 saturated heterocycles. The molecule has 0 aliphatic rings. The number of nitrogens with zero attached hydrogens (tertiary/aromatic N) is 1. The predicted molar refractivity (Wildman–Crippen MR) is 125 cm³/mol. The molecule has 0 spiro atoms. The van der Waals surface area contributed by atoms with Gasteiger partial charge in [0.25, 0.3) is 5.91 Å². The lowest BCUT2D eigenvalue weighted by molar-refractivity contribution is 0.0950. The second-order valence-electron chi connectivity index (χ2n) is 6.93. The number of carbonyl (C=O) groups excluding carboxylic acids is 1. The molecule has 1 aromatic heterocycles. The van der Waals surface area contributed by atoms with E-state index in [9.17, 15) is 13.6 Å². The van der Waals surface area contributed by atoms with Crippen molar-refractivity contribution in [2.45, 2.75) is 6.54 Å². The molecule has 1 N–H and O–H groups in total. The summed E-state index contributed by atoms with van der Waals surface area (Å²) in [6.07, 6.45) is 1.51. The van der Waals surface area contributed by atoms with Crippen LogP contribution in [0.5, 0.6) is 0 Å². The summed E-state index contributed by atoms with van der Waals surface area (Å²) in [5.41, 5.74) is 4.80. The average Bonchev–Trinajstić information content (AvgIpc) is 2.79. The molecule has 0 bridgehead atoms. The highest BCUT2D eigenvalue weighted by molar-refractivity contribution is 14.1. The van der Waals surface area contributed by atoms with Crippen LogP contribution in [-0.4, -0.2) is 10.9 Å². The second kappa shape index (κ2) is 9.34. The minimum absolute atomic E-state index is 0.225. The molecule has 6 heteroatoms. The van der Waals surface area contributed by atoms with Crippen LogP contribution in [0.3, 0.4) is 0 Å². The van der Waals surface area contributed by atoms with Gasteiger partial charge in [0.2, 0.25) is 0 Å². The summed E-state index contributed by atoms with van der Waals surface area (Å²) in [7, 11) is 0. The van der Waals surface area contributed by atoms with E-state index in [0.29, 0.717) is 17.8 Å². The van der Waals surface area contributed by atoms with Crippen LogP contribution in [0.2, 0.25) is 0 Å². The molecule has 0 radical (unpaired) electrons. The number of pyridine rings is 1. The fourth-order valence-electron chi connectivity index (χ4n) is 3.11. The van der Waals surface area contributed by atoms with Crippen LogP contribution >= 0.6 is 22.6 Å². The maximum Gasteiger partial charge on any atom is 0.253 e. The van der Waals surface area contributed by atoms with Crippen LogP contribution in [0.25, 0.3) is 22.4 Å². The lowest BCUT2D eigenvalue weighted by Crippen LogP contribution is -2.23. The van der Waals surface area contributed by atoms with Crippen LogP contribution in [0.1, 0.15) is 15.9 Å². The zero-order chi connectivity index (χ0) is 21.8. The fourth-order valence-corrected chi connectivity index (χ4v) is 3.82. The Hall–Kier alpha value is -3.13. The standard InChI is InChI=1S/C25H17F2IN2O/c26-21-8-3-16(4-9-21)18-1-2-19(23(28)13-18)14-30-25(31)20-7-12-24(29-15-20)17-5-10-22(27)11-6-17/h1-13,15H,14H2,(H,30,31). The van der Waals surface area contributed by atoms with E-state index in [1.54, 1.807) is 36.4 Å². The average molecular weight is 526 g/mol. The van der Waals surface area contributed by atoms with Gasteiger partial charge in [0, 0.05) is 21.9 Å². The molecule has 0 unspecified atom stereocenters. The topological polar surface area (TPSA) is 42.0 Å². The molecule has 1 amide bonds. The largest absolute Gasteiger partial charge is 0.348 e. The van der Waals surface area contributed by atoms with Crippen molar-refractivity contribution in [1.82, 2.24) is 10.3 Å². The third-order valence-corrected chi connectivity index (χ3v) is 5.84. The summed E-state index contributed by atoms with van der Waals surface area (Å²) < 4.78 is 27.2. The van der Waals surface area contributed by atoms with Crippen LogP contribution in [0, 0.1) is 15.2 Å². The Bertz CT molecular complexity index is 1210. The molecule has 4 aromatic rings. The Morgan fingerprint density at radius 2 is 1.42 bits per heavy atom. The van der Waals surface area contributed by atoms with E-state index < -0.39 is 0 Å². The summed E-state index contributed by atoms with van der Waals surface area (Å²) in [4.78, 5) is 16.8. The molecule has 31 heavy (non-hydrogen) atoms. The highest BCUT2D eigenvalue weighted by Crippen LogP contribution is 2.24. The number of aromatic nitrogens is 1. The van der Waals surface area contributed by atoms with Crippen molar-refractivity contribution >= 4 is 28.5 Å². The van der Waals surface area contributed by atoms with Gasteiger partial charge in [-0.1, -0.05) is 24.3 Å². The highest BCUT2D eigenvalue weighted by atomic mass is 127. The summed E-state index contributed by atoms with van der Waals surface area (Å²) in [6.45, 7) is 0.376. The third-order valence-electron chi connectivity index (χ3n) is 4.84. The van der Waals surface area contributed by atoms with Gasteiger partial charge in [0.1, 0.15) is 11.6 Å². The molecule has 1 heterocycles.